The number of rotatable bonds is 5. The minimum atomic E-state index is 0.119. The molecule has 1 aromatic carbocycles. The van der Waals surface area contributed by atoms with Gasteiger partial charge in [0.15, 0.2) is 6.61 Å². The number of hydrogen-bond acceptors (Lipinski definition) is 5. The fraction of sp³-hybridized carbons (Fsp3) is 0.429. The molecule has 19 heavy (non-hydrogen) atoms. The average Bonchev–Trinajstić information content (AvgIpc) is 2.87. The third-order valence-corrected chi connectivity index (χ3v) is 2.52. The van der Waals surface area contributed by atoms with Crippen molar-refractivity contribution in [3.8, 4) is 5.75 Å². The minimum absolute atomic E-state index is 0.119. The zero-order valence-corrected chi connectivity index (χ0v) is 11.5. The van der Waals surface area contributed by atoms with Gasteiger partial charge >= 0.3 is 0 Å². The molecule has 2 aromatic rings. The van der Waals surface area contributed by atoms with Gasteiger partial charge in [-0.2, -0.15) is 4.98 Å². The molecule has 0 fully saturated rings. The molecule has 2 rings (SSSR count). The molecule has 0 bridgehead atoms. The molecule has 0 spiro atoms. The van der Waals surface area contributed by atoms with Crippen molar-refractivity contribution < 1.29 is 9.26 Å². The molecular weight excluding hydrogens is 242 g/mol. The van der Waals surface area contributed by atoms with E-state index in [4.69, 9.17) is 4.74 Å². The van der Waals surface area contributed by atoms with E-state index in [1.54, 1.807) is 0 Å². The minimum Gasteiger partial charge on any atom is -0.485 e. The monoisotopic (exact) mass is 261 g/mol. The van der Waals surface area contributed by atoms with Crippen molar-refractivity contribution in [2.75, 3.05) is 0 Å². The summed E-state index contributed by atoms with van der Waals surface area (Å²) in [6, 6.07) is 7.98. The van der Waals surface area contributed by atoms with E-state index in [1.165, 1.54) is 12.0 Å². The van der Waals surface area contributed by atoms with Gasteiger partial charge in [-0.25, -0.2) is 0 Å². The molecule has 0 saturated heterocycles. The first-order valence-electron chi connectivity index (χ1n) is 6.25. The molecule has 0 saturated carbocycles. The molecule has 0 atom stereocenters. The first kappa shape index (κ1) is 13.5. The Balaban J connectivity index is 1.84. The quantitative estimate of drug-likeness (QED) is 0.896. The van der Waals surface area contributed by atoms with Gasteiger partial charge in [0.25, 0.3) is 0 Å². The Labute approximate surface area is 113 Å². The number of nitrogens with one attached hydrogen (secondary N) is 1. The lowest BCUT2D eigenvalue weighted by Crippen LogP contribution is -2.34. The van der Waals surface area contributed by atoms with Gasteiger partial charge in [-0.3, -0.25) is 0 Å². The summed E-state index contributed by atoms with van der Waals surface area (Å²) >= 11 is 0. The van der Waals surface area contributed by atoms with Crippen molar-refractivity contribution in [2.24, 2.45) is 0 Å². The summed E-state index contributed by atoms with van der Waals surface area (Å²) in [6.07, 6.45) is 1.29. The van der Waals surface area contributed by atoms with Crippen molar-refractivity contribution in [1.29, 1.82) is 0 Å². The second-order valence-corrected chi connectivity index (χ2v) is 5.38. The van der Waals surface area contributed by atoms with Crippen LogP contribution < -0.4 is 10.1 Å². The summed E-state index contributed by atoms with van der Waals surface area (Å²) in [6.45, 7) is 7.60. The molecule has 1 heterocycles. The van der Waals surface area contributed by atoms with Crippen LogP contribution in [0.3, 0.4) is 0 Å². The molecule has 102 valence electrons. The Morgan fingerprint density at radius 3 is 2.53 bits per heavy atom. The van der Waals surface area contributed by atoms with Crippen LogP contribution in [0.15, 0.2) is 35.2 Å². The Kier molecular flexibility index (Phi) is 4.16. The zero-order chi connectivity index (χ0) is 13.7. The maximum Gasteiger partial charge on any atom is 0.213 e. The standard InChI is InChI=1S/C14H19N3O2/c1-14(2,3)16-8-11-4-6-12(7-5-11)18-9-13-15-10-19-17-13/h4-7,10,16H,8-9H2,1-3H3. The maximum atomic E-state index is 5.55. The maximum absolute atomic E-state index is 5.55. The molecule has 5 heteroatoms. The van der Waals surface area contributed by atoms with Crippen LogP contribution in [0.1, 0.15) is 32.2 Å². The fourth-order valence-electron chi connectivity index (χ4n) is 1.47. The van der Waals surface area contributed by atoms with Crippen LogP contribution in [-0.2, 0) is 13.2 Å². The normalized spacial score (nSPS) is 11.5. The number of aromatic nitrogens is 2. The summed E-state index contributed by atoms with van der Waals surface area (Å²) in [5, 5.41) is 7.12. The number of nitrogens with zero attached hydrogens (tertiary/aromatic N) is 2. The highest BCUT2D eigenvalue weighted by Gasteiger charge is 2.08. The lowest BCUT2D eigenvalue weighted by atomic mass is 10.1. The highest BCUT2D eigenvalue weighted by atomic mass is 16.5. The van der Waals surface area contributed by atoms with Crippen LogP contribution in [-0.4, -0.2) is 15.7 Å². The average molecular weight is 261 g/mol. The second kappa shape index (κ2) is 5.84. The lowest BCUT2D eigenvalue weighted by Gasteiger charge is -2.20. The zero-order valence-electron chi connectivity index (χ0n) is 11.5. The molecule has 0 aliphatic heterocycles. The van der Waals surface area contributed by atoms with E-state index in [2.05, 4.69) is 40.8 Å². The van der Waals surface area contributed by atoms with Crippen LogP contribution in [0.2, 0.25) is 0 Å². The lowest BCUT2D eigenvalue weighted by molar-refractivity contribution is 0.286. The van der Waals surface area contributed by atoms with Crippen LogP contribution >= 0.6 is 0 Å². The Hall–Kier alpha value is -1.88. The third kappa shape index (κ3) is 4.71. The van der Waals surface area contributed by atoms with E-state index in [-0.39, 0.29) is 5.54 Å². The smallest absolute Gasteiger partial charge is 0.213 e. The number of benzene rings is 1. The molecule has 1 aromatic heterocycles. The molecule has 0 aliphatic carbocycles. The summed E-state index contributed by atoms with van der Waals surface area (Å²) < 4.78 is 10.2. The molecule has 0 amide bonds. The van der Waals surface area contributed by atoms with Gasteiger partial charge in [0.1, 0.15) is 5.75 Å². The molecule has 1 N–H and O–H groups in total. The van der Waals surface area contributed by atoms with Gasteiger partial charge in [0.2, 0.25) is 12.2 Å². The van der Waals surface area contributed by atoms with Crippen molar-refractivity contribution in [1.82, 2.24) is 15.5 Å². The topological polar surface area (TPSA) is 60.2 Å². The first-order valence-corrected chi connectivity index (χ1v) is 6.25. The van der Waals surface area contributed by atoms with E-state index in [0.29, 0.717) is 12.4 Å². The van der Waals surface area contributed by atoms with E-state index < -0.39 is 0 Å². The molecular formula is C14H19N3O2. The number of hydrogen-bond donors (Lipinski definition) is 1. The van der Waals surface area contributed by atoms with Crippen molar-refractivity contribution >= 4 is 0 Å². The van der Waals surface area contributed by atoms with Crippen LogP contribution in [0.5, 0.6) is 5.75 Å². The van der Waals surface area contributed by atoms with Gasteiger partial charge < -0.3 is 14.6 Å². The van der Waals surface area contributed by atoms with Crippen LogP contribution in [0, 0.1) is 0 Å². The Bertz CT molecular complexity index is 486. The molecule has 0 aliphatic rings. The summed E-state index contributed by atoms with van der Waals surface area (Å²) in [5.74, 6) is 1.34. The third-order valence-electron chi connectivity index (χ3n) is 2.52. The molecule has 0 radical (unpaired) electrons. The Morgan fingerprint density at radius 1 is 1.21 bits per heavy atom. The number of ether oxygens (including phenoxy) is 1. The summed E-state index contributed by atoms with van der Waals surface area (Å²) in [5.41, 5.74) is 1.34. The second-order valence-electron chi connectivity index (χ2n) is 5.38. The Morgan fingerprint density at radius 2 is 1.95 bits per heavy atom. The van der Waals surface area contributed by atoms with Crippen molar-refractivity contribution in [2.45, 2.75) is 39.5 Å². The van der Waals surface area contributed by atoms with Crippen LogP contribution in [0.25, 0.3) is 0 Å². The van der Waals surface area contributed by atoms with Gasteiger partial charge in [0.05, 0.1) is 0 Å². The van der Waals surface area contributed by atoms with E-state index >= 15 is 0 Å². The SMILES string of the molecule is CC(C)(C)NCc1ccc(OCc2ncon2)cc1. The fourth-order valence-corrected chi connectivity index (χ4v) is 1.47. The highest BCUT2D eigenvalue weighted by molar-refractivity contribution is 5.27. The predicted molar refractivity (Wildman–Crippen MR) is 71.7 cm³/mol. The predicted octanol–water partition coefficient (Wildman–Crippen LogP) is 2.54. The molecule has 0 unspecified atom stereocenters. The summed E-state index contributed by atoms with van der Waals surface area (Å²) in [7, 11) is 0. The van der Waals surface area contributed by atoms with Gasteiger partial charge in [-0.15, -0.1) is 0 Å². The van der Waals surface area contributed by atoms with Gasteiger partial charge in [-0.05, 0) is 38.5 Å². The molecule has 5 nitrogen and oxygen atoms in total. The van der Waals surface area contributed by atoms with E-state index in [1.807, 2.05) is 24.3 Å². The van der Waals surface area contributed by atoms with Crippen molar-refractivity contribution in [3.63, 3.8) is 0 Å². The summed E-state index contributed by atoms with van der Waals surface area (Å²) in [4.78, 5) is 3.89. The largest absolute Gasteiger partial charge is 0.485 e. The van der Waals surface area contributed by atoms with Gasteiger partial charge in [-0.1, -0.05) is 17.3 Å². The van der Waals surface area contributed by atoms with Gasteiger partial charge in [0, 0.05) is 12.1 Å². The van der Waals surface area contributed by atoms with E-state index in [9.17, 15) is 0 Å². The van der Waals surface area contributed by atoms with Crippen molar-refractivity contribution in [3.05, 3.63) is 42.0 Å². The highest BCUT2D eigenvalue weighted by Crippen LogP contribution is 2.14. The van der Waals surface area contributed by atoms with E-state index in [0.717, 1.165) is 12.3 Å². The van der Waals surface area contributed by atoms with Crippen LogP contribution in [0.4, 0.5) is 0 Å². The first-order chi connectivity index (χ1) is 9.03.